The van der Waals surface area contributed by atoms with Crippen LogP contribution in [0.5, 0.6) is 0 Å². The van der Waals surface area contributed by atoms with Gasteiger partial charge in [0.2, 0.25) is 11.7 Å². The van der Waals surface area contributed by atoms with Gasteiger partial charge in [-0.05, 0) is 19.9 Å². The number of hydrogen-bond acceptors (Lipinski definition) is 5. The highest BCUT2D eigenvalue weighted by Crippen LogP contribution is 2.14. The Labute approximate surface area is 106 Å². The predicted molar refractivity (Wildman–Crippen MR) is 68.0 cm³/mol. The van der Waals surface area contributed by atoms with E-state index in [2.05, 4.69) is 34.4 Å². The number of aryl methyl sites for hydroxylation is 1. The molecule has 0 amide bonds. The average molecular weight is 249 g/mol. The summed E-state index contributed by atoms with van der Waals surface area (Å²) in [5.74, 6) is 1.26. The van der Waals surface area contributed by atoms with Crippen molar-refractivity contribution in [1.29, 1.82) is 0 Å². The third-order valence-corrected chi connectivity index (χ3v) is 2.65. The van der Waals surface area contributed by atoms with Gasteiger partial charge in [-0.25, -0.2) is 0 Å². The van der Waals surface area contributed by atoms with Crippen LogP contribution in [0, 0.1) is 0 Å². The van der Waals surface area contributed by atoms with E-state index in [-0.39, 0.29) is 0 Å². The predicted octanol–water partition coefficient (Wildman–Crippen LogP) is 1.40. The number of hydrogen-bond donors (Lipinski definition) is 1. The van der Waals surface area contributed by atoms with E-state index in [1.54, 1.807) is 10.9 Å². The Kier molecular flexibility index (Phi) is 4.09. The van der Waals surface area contributed by atoms with Crippen molar-refractivity contribution in [2.75, 3.05) is 6.54 Å². The van der Waals surface area contributed by atoms with Gasteiger partial charge in [0.15, 0.2) is 0 Å². The summed E-state index contributed by atoms with van der Waals surface area (Å²) in [6, 6.07) is 0.340. The van der Waals surface area contributed by atoms with Gasteiger partial charge in [0.05, 0.1) is 11.8 Å². The van der Waals surface area contributed by atoms with Crippen molar-refractivity contribution in [3.63, 3.8) is 0 Å². The molecular formula is C12H19N5O. The van der Waals surface area contributed by atoms with E-state index >= 15 is 0 Å². The molecule has 2 rings (SSSR count). The molecule has 0 aliphatic rings. The fraction of sp³-hybridized carbons (Fsp3) is 0.583. The first-order chi connectivity index (χ1) is 8.69. The Hall–Kier alpha value is -1.69. The lowest BCUT2D eigenvalue weighted by molar-refractivity contribution is 0.362. The molecule has 0 saturated heterocycles. The Morgan fingerprint density at radius 3 is 3.00 bits per heavy atom. The van der Waals surface area contributed by atoms with Crippen LogP contribution in [0.25, 0.3) is 11.4 Å². The van der Waals surface area contributed by atoms with E-state index in [9.17, 15) is 0 Å². The van der Waals surface area contributed by atoms with Crippen LogP contribution < -0.4 is 5.32 Å². The van der Waals surface area contributed by atoms with Gasteiger partial charge in [0.25, 0.3) is 0 Å². The van der Waals surface area contributed by atoms with Crippen LogP contribution in [0.15, 0.2) is 16.9 Å². The van der Waals surface area contributed by atoms with Gasteiger partial charge in [-0.3, -0.25) is 4.68 Å². The normalized spacial score (nSPS) is 12.8. The molecule has 2 aromatic rings. The first-order valence-corrected chi connectivity index (χ1v) is 6.24. The van der Waals surface area contributed by atoms with E-state index < -0.39 is 0 Å². The molecule has 2 aromatic heterocycles. The molecule has 1 atom stereocenters. The van der Waals surface area contributed by atoms with Crippen LogP contribution in [0.2, 0.25) is 0 Å². The van der Waals surface area contributed by atoms with Crippen molar-refractivity contribution in [2.45, 2.75) is 32.7 Å². The zero-order valence-corrected chi connectivity index (χ0v) is 11.1. The fourth-order valence-corrected chi connectivity index (χ4v) is 1.72. The van der Waals surface area contributed by atoms with Crippen molar-refractivity contribution in [2.24, 2.45) is 7.05 Å². The summed E-state index contributed by atoms with van der Waals surface area (Å²) in [7, 11) is 1.86. The van der Waals surface area contributed by atoms with Gasteiger partial charge in [0, 0.05) is 25.7 Å². The molecule has 0 saturated carbocycles. The average Bonchev–Trinajstić information content (AvgIpc) is 2.95. The highest BCUT2D eigenvalue weighted by Gasteiger charge is 2.12. The van der Waals surface area contributed by atoms with Crippen molar-refractivity contribution in [1.82, 2.24) is 25.2 Å². The molecule has 0 aliphatic heterocycles. The van der Waals surface area contributed by atoms with E-state index in [1.807, 2.05) is 13.2 Å². The van der Waals surface area contributed by atoms with Gasteiger partial charge in [-0.15, -0.1) is 0 Å². The van der Waals surface area contributed by atoms with Crippen LogP contribution >= 0.6 is 0 Å². The highest BCUT2D eigenvalue weighted by molar-refractivity contribution is 5.50. The molecular weight excluding hydrogens is 230 g/mol. The smallest absolute Gasteiger partial charge is 0.228 e. The molecule has 6 nitrogen and oxygen atoms in total. The van der Waals surface area contributed by atoms with E-state index in [0.717, 1.165) is 24.9 Å². The second-order valence-electron chi connectivity index (χ2n) is 4.47. The minimum absolute atomic E-state index is 0.340. The number of nitrogens with one attached hydrogen (secondary N) is 1. The molecule has 6 heteroatoms. The third-order valence-electron chi connectivity index (χ3n) is 2.65. The van der Waals surface area contributed by atoms with Crippen molar-refractivity contribution in [3.05, 3.63) is 18.3 Å². The topological polar surface area (TPSA) is 68.8 Å². The largest absolute Gasteiger partial charge is 0.339 e. The molecule has 0 aromatic carbocycles. The van der Waals surface area contributed by atoms with Crippen LogP contribution in [-0.2, 0) is 13.5 Å². The second-order valence-corrected chi connectivity index (χ2v) is 4.47. The Balaban J connectivity index is 1.98. The molecule has 1 N–H and O–H groups in total. The van der Waals surface area contributed by atoms with Gasteiger partial charge >= 0.3 is 0 Å². The Bertz CT molecular complexity index is 490. The molecule has 0 spiro atoms. The van der Waals surface area contributed by atoms with Crippen molar-refractivity contribution >= 4 is 0 Å². The molecule has 0 bridgehead atoms. The van der Waals surface area contributed by atoms with Crippen LogP contribution in [0.1, 0.15) is 26.2 Å². The first kappa shape index (κ1) is 12.8. The number of nitrogens with zero attached hydrogens (tertiary/aromatic N) is 4. The zero-order valence-electron chi connectivity index (χ0n) is 11.1. The monoisotopic (exact) mass is 249 g/mol. The lowest BCUT2D eigenvalue weighted by Gasteiger charge is -2.09. The highest BCUT2D eigenvalue weighted by atomic mass is 16.5. The van der Waals surface area contributed by atoms with Crippen molar-refractivity contribution in [3.8, 4) is 11.4 Å². The molecule has 98 valence electrons. The van der Waals surface area contributed by atoms with E-state index in [0.29, 0.717) is 17.8 Å². The van der Waals surface area contributed by atoms with E-state index in [1.165, 1.54) is 0 Å². The number of aromatic nitrogens is 4. The van der Waals surface area contributed by atoms with Gasteiger partial charge in [-0.2, -0.15) is 10.1 Å². The standard InChI is InChI=1S/C12H19N5O/c1-4-5-13-9(2)6-11-15-12(16-18-11)10-7-14-17(3)8-10/h7-9,13H,4-6H2,1-3H3. The molecule has 18 heavy (non-hydrogen) atoms. The maximum atomic E-state index is 5.24. The lowest BCUT2D eigenvalue weighted by Crippen LogP contribution is -2.28. The first-order valence-electron chi connectivity index (χ1n) is 6.24. The van der Waals surface area contributed by atoms with Crippen molar-refractivity contribution < 1.29 is 4.52 Å². The second kappa shape index (κ2) is 5.77. The minimum Gasteiger partial charge on any atom is -0.339 e. The summed E-state index contributed by atoms with van der Waals surface area (Å²) in [6.07, 6.45) is 5.46. The lowest BCUT2D eigenvalue weighted by atomic mass is 10.2. The summed E-state index contributed by atoms with van der Waals surface area (Å²) in [5, 5.41) is 11.4. The molecule has 0 radical (unpaired) electrons. The molecule has 2 heterocycles. The molecule has 1 unspecified atom stereocenters. The maximum Gasteiger partial charge on any atom is 0.228 e. The fourth-order valence-electron chi connectivity index (χ4n) is 1.72. The SMILES string of the molecule is CCCNC(C)Cc1nc(-c2cnn(C)c2)no1. The maximum absolute atomic E-state index is 5.24. The number of rotatable bonds is 6. The van der Waals surface area contributed by atoms with Crippen LogP contribution in [0.3, 0.4) is 0 Å². The van der Waals surface area contributed by atoms with Crippen LogP contribution in [0.4, 0.5) is 0 Å². The minimum atomic E-state index is 0.340. The Morgan fingerprint density at radius 1 is 1.50 bits per heavy atom. The summed E-state index contributed by atoms with van der Waals surface area (Å²) < 4.78 is 6.96. The quantitative estimate of drug-likeness (QED) is 0.838. The van der Waals surface area contributed by atoms with E-state index in [4.69, 9.17) is 4.52 Å². The van der Waals surface area contributed by atoms with Gasteiger partial charge in [-0.1, -0.05) is 12.1 Å². The van der Waals surface area contributed by atoms with Crippen LogP contribution in [-0.4, -0.2) is 32.5 Å². The summed E-state index contributed by atoms with van der Waals surface area (Å²) >= 11 is 0. The molecule has 0 fully saturated rings. The Morgan fingerprint density at radius 2 is 2.33 bits per heavy atom. The summed E-state index contributed by atoms with van der Waals surface area (Å²) in [6.45, 7) is 5.27. The van der Waals surface area contributed by atoms with Gasteiger partial charge < -0.3 is 9.84 Å². The van der Waals surface area contributed by atoms with Gasteiger partial charge in [0.1, 0.15) is 0 Å². The summed E-state index contributed by atoms with van der Waals surface area (Å²) in [4.78, 5) is 4.37. The molecule has 0 aliphatic carbocycles. The third kappa shape index (κ3) is 3.16. The summed E-state index contributed by atoms with van der Waals surface area (Å²) in [5.41, 5.74) is 0.877. The zero-order chi connectivity index (χ0) is 13.0.